The maximum Gasteiger partial charge on any atom is 0.269 e. The number of nitrogens with zero attached hydrogens (tertiary/aromatic N) is 1. The molecule has 0 radical (unpaired) electrons. The quantitative estimate of drug-likeness (QED) is 0.291. The van der Waals surface area contributed by atoms with E-state index in [4.69, 9.17) is 0 Å². The lowest BCUT2D eigenvalue weighted by Crippen LogP contribution is -2.20. The summed E-state index contributed by atoms with van der Waals surface area (Å²) < 4.78 is 0. The molecule has 7 nitrogen and oxygen atoms in total. The monoisotopic (exact) mass is 302 g/mol. The third-order valence-electron chi connectivity index (χ3n) is 3.19. The second-order valence-corrected chi connectivity index (χ2v) is 4.74. The van der Waals surface area contributed by atoms with Gasteiger partial charge in [-0.25, -0.2) is 0 Å². The molecule has 1 aromatic carbocycles. The SMILES string of the molecule is O=C1CCCC(=O)C1=C(O)/C=C/Nc1ccc([N+](=O)[O-])cc1. The first-order chi connectivity index (χ1) is 10.5. The molecular weight excluding hydrogens is 288 g/mol. The number of carbonyl (C=O) groups excluding carboxylic acids is 2. The van der Waals surface area contributed by atoms with Crippen molar-refractivity contribution < 1.29 is 19.6 Å². The average Bonchev–Trinajstić information content (AvgIpc) is 2.47. The van der Waals surface area contributed by atoms with Crippen LogP contribution in [-0.2, 0) is 9.59 Å². The van der Waals surface area contributed by atoms with Crippen LogP contribution in [0, 0.1) is 10.1 Å². The molecule has 1 fully saturated rings. The Kier molecular flexibility index (Phi) is 4.67. The number of hydrogen-bond acceptors (Lipinski definition) is 6. The highest BCUT2D eigenvalue weighted by atomic mass is 16.6. The Morgan fingerprint density at radius 3 is 2.32 bits per heavy atom. The van der Waals surface area contributed by atoms with E-state index >= 15 is 0 Å². The number of carbonyl (C=O) groups is 2. The van der Waals surface area contributed by atoms with Crippen LogP contribution in [-0.4, -0.2) is 21.6 Å². The maximum absolute atomic E-state index is 11.6. The Labute approximate surface area is 126 Å². The van der Waals surface area contributed by atoms with Gasteiger partial charge < -0.3 is 10.4 Å². The number of Topliss-reactive ketones (excluding diaryl/α,β-unsaturated/α-hetero) is 2. The van der Waals surface area contributed by atoms with Crippen LogP contribution < -0.4 is 5.32 Å². The normalized spacial score (nSPS) is 15.2. The summed E-state index contributed by atoms with van der Waals surface area (Å²) in [6.45, 7) is 0. The van der Waals surface area contributed by atoms with Gasteiger partial charge in [0.25, 0.3) is 5.69 Å². The van der Waals surface area contributed by atoms with Gasteiger partial charge in [0.1, 0.15) is 11.3 Å². The molecule has 114 valence electrons. The first-order valence-corrected chi connectivity index (χ1v) is 6.66. The number of benzene rings is 1. The molecule has 22 heavy (non-hydrogen) atoms. The minimum absolute atomic E-state index is 0.0297. The van der Waals surface area contributed by atoms with E-state index in [0.29, 0.717) is 12.1 Å². The lowest BCUT2D eigenvalue weighted by molar-refractivity contribution is -0.384. The smallest absolute Gasteiger partial charge is 0.269 e. The Hall–Kier alpha value is -2.96. The van der Waals surface area contributed by atoms with Gasteiger partial charge in [0.05, 0.1) is 4.92 Å². The fourth-order valence-corrected chi connectivity index (χ4v) is 2.08. The van der Waals surface area contributed by atoms with E-state index in [9.17, 15) is 24.8 Å². The van der Waals surface area contributed by atoms with E-state index in [-0.39, 0.29) is 41.4 Å². The largest absolute Gasteiger partial charge is 0.507 e. The van der Waals surface area contributed by atoms with Crippen molar-refractivity contribution in [1.82, 2.24) is 0 Å². The number of anilines is 1. The molecule has 1 aliphatic rings. The van der Waals surface area contributed by atoms with Crippen molar-refractivity contribution >= 4 is 22.9 Å². The molecule has 1 aliphatic carbocycles. The Balaban J connectivity index is 2.06. The van der Waals surface area contributed by atoms with Gasteiger partial charge in [-0.3, -0.25) is 19.7 Å². The van der Waals surface area contributed by atoms with Crippen molar-refractivity contribution in [3.05, 3.63) is 58.0 Å². The number of hydrogen-bond donors (Lipinski definition) is 2. The van der Waals surface area contributed by atoms with Gasteiger partial charge in [-0.2, -0.15) is 0 Å². The number of aliphatic hydroxyl groups is 1. The minimum Gasteiger partial charge on any atom is -0.507 e. The lowest BCUT2D eigenvalue weighted by Gasteiger charge is -2.12. The standard InChI is InChI=1S/C15H14N2O5/c18-12-2-1-3-13(19)15(12)14(20)8-9-16-10-4-6-11(7-5-10)17(21)22/h4-9,16,20H,1-3H2/b9-8+. The molecule has 2 rings (SSSR count). The van der Waals surface area contributed by atoms with Crippen molar-refractivity contribution in [2.45, 2.75) is 19.3 Å². The second-order valence-electron chi connectivity index (χ2n) is 4.74. The van der Waals surface area contributed by atoms with Crippen molar-refractivity contribution in [1.29, 1.82) is 0 Å². The molecule has 0 amide bonds. The average molecular weight is 302 g/mol. The highest BCUT2D eigenvalue weighted by Crippen LogP contribution is 2.20. The van der Waals surface area contributed by atoms with Gasteiger partial charge in [0, 0.05) is 36.9 Å². The van der Waals surface area contributed by atoms with Gasteiger partial charge in [-0.05, 0) is 24.6 Å². The third-order valence-corrected chi connectivity index (χ3v) is 3.19. The molecule has 7 heteroatoms. The Bertz CT molecular complexity index is 656. The topological polar surface area (TPSA) is 110 Å². The van der Waals surface area contributed by atoms with Gasteiger partial charge in [0.2, 0.25) is 0 Å². The van der Waals surface area contributed by atoms with E-state index < -0.39 is 4.92 Å². The van der Waals surface area contributed by atoms with E-state index in [0.717, 1.165) is 0 Å². The van der Waals surface area contributed by atoms with E-state index in [1.54, 1.807) is 0 Å². The molecule has 0 aromatic heterocycles. The van der Waals surface area contributed by atoms with Crippen LogP contribution in [0.15, 0.2) is 47.9 Å². The molecule has 1 saturated carbocycles. The lowest BCUT2D eigenvalue weighted by atomic mass is 9.91. The van der Waals surface area contributed by atoms with E-state index in [2.05, 4.69) is 5.32 Å². The van der Waals surface area contributed by atoms with Gasteiger partial charge in [-0.1, -0.05) is 0 Å². The highest BCUT2D eigenvalue weighted by molar-refractivity contribution is 6.22. The molecule has 2 N–H and O–H groups in total. The van der Waals surface area contributed by atoms with Crippen molar-refractivity contribution in [2.75, 3.05) is 5.32 Å². The van der Waals surface area contributed by atoms with Crippen LogP contribution in [0.3, 0.4) is 0 Å². The van der Waals surface area contributed by atoms with Crippen molar-refractivity contribution in [2.24, 2.45) is 0 Å². The zero-order chi connectivity index (χ0) is 16.1. The molecule has 0 bridgehead atoms. The van der Waals surface area contributed by atoms with Gasteiger partial charge >= 0.3 is 0 Å². The van der Waals surface area contributed by atoms with Crippen LogP contribution in [0.25, 0.3) is 0 Å². The summed E-state index contributed by atoms with van der Waals surface area (Å²) in [6.07, 6.45) is 3.61. The highest BCUT2D eigenvalue weighted by Gasteiger charge is 2.25. The number of nitro groups is 1. The Morgan fingerprint density at radius 2 is 1.77 bits per heavy atom. The number of nitrogens with one attached hydrogen (secondary N) is 1. The number of ketones is 2. The predicted octanol–water partition coefficient (Wildman–Crippen LogP) is 2.65. The molecule has 1 aromatic rings. The summed E-state index contributed by atoms with van der Waals surface area (Å²) >= 11 is 0. The summed E-state index contributed by atoms with van der Waals surface area (Å²) in [5.74, 6) is -1.08. The fourth-order valence-electron chi connectivity index (χ4n) is 2.08. The first kappa shape index (κ1) is 15.4. The zero-order valence-electron chi connectivity index (χ0n) is 11.6. The van der Waals surface area contributed by atoms with Crippen LogP contribution in [0.2, 0.25) is 0 Å². The maximum atomic E-state index is 11.6. The predicted molar refractivity (Wildman–Crippen MR) is 79.4 cm³/mol. The van der Waals surface area contributed by atoms with Crippen molar-refractivity contribution in [3.63, 3.8) is 0 Å². The number of aliphatic hydroxyl groups excluding tert-OH is 1. The van der Waals surface area contributed by atoms with Crippen molar-refractivity contribution in [3.8, 4) is 0 Å². The number of nitro benzene ring substituents is 1. The summed E-state index contributed by atoms with van der Waals surface area (Å²) in [7, 11) is 0. The minimum atomic E-state index is -0.504. The first-order valence-electron chi connectivity index (χ1n) is 6.66. The summed E-state index contributed by atoms with van der Waals surface area (Å²) in [5, 5.41) is 23.1. The van der Waals surface area contributed by atoms with Crippen LogP contribution in [0.5, 0.6) is 0 Å². The fraction of sp³-hybridized carbons (Fsp3) is 0.200. The Morgan fingerprint density at radius 1 is 1.18 bits per heavy atom. The number of allylic oxidation sites excluding steroid dienone is 2. The third kappa shape index (κ3) is 3.57. The zero-order valence-corrected chi connectivity index (χ0v) is 11.6. The van der Waals surface area contributed by atoms with Gasteiger partial charge in [0.15, 0.2) is 11.6 Å². The summed E-state index contributed by atoms with van der Waals surface area (Å²) in [5.41, 5.74) is 0.381. The molecule has 0 saturated heterocycles. The second kappa shape index (κ2) is 6.66. The van der Waals surface area contributed by atoms with Crippen LogP contribution in [0.4, 0.5) is 11.4 Å². The van der Waals surface area contributed by atoms with Gasteiger partial charge in [-0.15, -0.1) is 0 Å². The molecule has 0 unspecified atom stereocenters. The number of rotatable bonds is 4. The molecular formula is C15H14N2O5. The van der Waals surface area contributed by atoms with Crippen LogP contribution in [0.1, 0.15) is 19.3 Å². The molecule has 0 spiro atoms. The van der Waals surface area contributed by atoms with E-state index in [1.807, 2.05) is 0 Å². The molecule has 0 atom stereocenters. The van der Waals surface area contributed by atoms with Crippen LogP contribution >= 0.6 is 0 Å². The molecule has 0 aliphatic heterocycles. The summed E-state index contributed by atoms with van der Waals surface area (Å²) in [4.78, 5) is 33.3. The number of non-ortho nitro benzene ring substituents is 1. The molecule has 0 heterocycles. The summed E-state index contributed by atoms with van der Waals surface area (Å²) in [6, 6.07) is 5.68. The van der Waals surface area contributed by atoms with E-state index in [1.165, 1.54) is 36.5 Å².